The number of nitrogens with zero attached hydrogens (tertiary/aromatic N) is 1. The van der Waals surface area contributed by atoms with Gasteiger partial charge in [0.15, 0.2) is 0 Å². The Balaban J connectivity index is 3.55. The third kappa shape index (κ3) is 8.29. The number of thiocarbonyl (C=S) groups is 1. The van der Waals surface area contributed by atoms with Crippen LogP contribution in [0.4, 0.5) is 0 Å². The quantitative estimate of drug-likeness (QED) is 0.465. The van der Waals surface area contributed by atoms with Crippen LogP contribution in [0, 0.1) is 0 Å². The van der Waals surface area contributed by atoms with E-state index in [0.29, 0.717) is 31.2 Å². The topological polar surface area (TPSA) is 64.8 Å². The van der Waals surface area contributed by atoms with Gasteiger partial charge in [0, 0.05) is 27.1 Å². The van der Waals surface area contributed by atoms with E-state index >= 15 is 0 Å². The fourth-order valence-electron chi connectivity index (χ4n) is 0.815. The molecule has 1 amide bonds. The monoisotopic (exact) mass is 234 g/mol. The molecule has 15 heavy (non-hydrogen) atoms. The molecule has 0 rings (SSSR count). The second-order valence-corrected chi connectivity index (χ2v) is 3.60. The van der Waals surface area contributed by atoms with Crippen molar-refractivity contribution >= 4 is 23.1 Å². The zero-order chi connectivity index (χ0) is 11.7. The number of methoxy groups -OCH3 is 1. The van der Waals surface area contributed by atoms with Gasteiger partial charge in [-0.2, -0.15) is 0 Å². The molecule has 0 heterocycles. The van der Waals surface area contributed by atoms with Crippen LogP contribution in [0.2, 0.25) is 0 Å². The van der Waals surface area contributed by atoms with Gasteiger partial charge in [-0.05, 0) is 0 Å². The molecule has 0 atom stereocenters. The number of amides is 1. The van der Waals surface area contributed by atoms with Crippen LogP contribution in [0.1, 0.15) is 6.42 Å². The summed E-state index contributed by atoms with van der Waals surface area (Å²) in [6.07, 6.45) is 0.537. The molecule has 0 aliphatic carbocycles. The van der Waals surface area contributed by atoms with Gasteiger partial charge in [-0.3, -0.25) is 4.79 Å². The largest absolute Gasteiger partial charge is 0.393 e. The summed E-state index contributed by atoms with van der Waals surface area (Å²) in [6.45, 7) is 1.51. The van der Waals surface area contributed by atoms with Crippen molar-refractivity contribution in [1.29, 1.82) is 0 Å². The Morgan fingerprint density at radius 2 is 2.13 bits per heavy atom. The average Bonchev–Trinajstić information content (AvgIpc) is 2.20. The Morgan fingerprint density at radius 3 is 2.67 bits per heavy atom. The molecule has 0 unspecified atom stereocenters. The highest BCUT2D eigenvalue weighted by molar-refractivity contribution is 7.80. The average molecular weight is 234 g/mol. The van der Waals surface area contributed by atoms with Gasteiger partial charge in [-0.25, -0.2) is 0 Å². The van der Waals surface area contributed by atoms with Gasteiger partial charge in [0.1, 0.15) is 6.61 Å². The van der Waals surface area contributed by atoms with Crippen molar-refractivity contribution in [2.75, 3.05) is 40.5 Å². The molecule has 0 fully saturated rings. The minimum atomic E-state index is -0.0812. The molecule has 5 nitrogen and oxygen atoms in total. The number of hydrogen-bond donors (Lipinski definition) is 1. The number of carbonyl (C=O) groups excluding carboxylic acids is 1. The van der Waals surface area contributed by atoms with Crippen LogP contribution in [0.15, 0.2) is 0 Å². The third-order valence-electron chi connectivity index (χ3n) is 1.78. The summed E-state index contributed by atoms with van der Waals surface area (Å²) in [4.78, 5) is 13.4. The van der Waals surface area contributed by atoms with Gasteiger partial charge in [0.05, 0.1) is 18.2 Å². The van der Waals surface area contributed by atoms with Gasteiger partial charge in [0.2, 0.25) is 5.91 Å². The number of hydrogen-bond acceptors (Lipinski definition) is 4. The summed E-state index contributed by atoms with van der Waals surface area (Å²) < 4.78 is 9.86. The Morgan fingerprint density at radius 1 is 1.47 bits per heavy atom. The van der Waals surface area contributed by atoms with Crippen molar-refractivity contribution in [2.24, 2.45) is 5.73 Å². The molecule has 0 aromatic rings. The number of likely N-dealkylation sites (N-methyl/N-ethyl adjacent to an activating group) is 1. The highest BCUT2D eigenvalue weighted by Crippen LogP contribution is 1.90. The van der Waals surface area contributed by atoms with Gasteiger partial charge >= 0.3 is 0 Å². The number of carbonyl (C=O) groups is 1. The Kier molecular flexibility index (Phi) is 8.17. The van der Waals surface area contributed by atoms with E-state index in [1.807, 2.05) is 0 Å². The Bertz CT molecular complexity index is 212. The summed E-state index contributed by atoms with van der Waals surface area (Å²) in [5, 5.41) is 0. The van der Waals surface area contributed by atoms with Crippen molar-refractivity contribution < 1.29 is 14.3 Å². The van der Waals surface area contributed by atoms with Crippen LogP contribution in [0.25, 0.3) is 0 Å². The summed E-state index contributed by atoms with van der Waals surface area (Å²) in [6, 6.07) is 0. The van der Waals surface area contributed by atoms with E-state index in [1.54, 1.807) is 19.1 Å². The first-order valence-corrected chi connectivity index (χ1v) is 5.07. The summed E-state index contributed by atoms with van der Waals surface area (Å²) in [5.74, 6) is -0.0812. The van der Waals surface area contributed by atoms with E-state index < -0.39 is 0 Å². The first-order valence-electron chi connectivity index (χ1n) is 4.67. The minimum absolute atomic E-state index is 0.0667. The van der Waals surface area contributed by atoms with Crippen molar-refractivity contribution in [3.8, 4) is 0 Å². The number of nitrogens with two attached hydrogens (primary N) is 1. The SMILES string of the molecule is COCCOCC(=O)N(C)CCC(N)=S. The molecule has 2 N–H and O–H groups in total. The Hall–Kier alpha value is -0.720. The second kappa shape index (κ2) is 8.58. The molecule has 6 heteroatoms. The lowest BCUT2D eigenvalue weighted by Gasteiger charge is -2.16. The maximum absolute atomic E-state index is 11.4. The van der Waals surface area contributed by atoms with Crippen LogP contribution in [0.5, 0.6) is 0 Å². The highest BCUT2D eigenvalue weighted by Gasteiger charge is 2.08. The van der Waals surface area contributed by atoms with Gasteiger partial charge in [-0.15, -0.1) is 0 Å². The van der Waals surface area contributed by atoms with Crippen molar-refractivity contribution in [2.45, 2.75) is 6.42 Å². The van der Waals surface area contributed by atoms with Gasteiger partial charge in [0.25, 0.3) is 0 Å². The zero-order valence-corrected chi connectivity index (χ0v) is 10.0. The first kappa shape index (κ1) is 14.3. The minimum Gasteiger partial charge on any atom is -0.393 e. The van der Waals surface area contributed by atoms with Crippen LogP contribution < -0.4 is 5.73 Å². The fraction of sp³-hybridized carbons (Fsp3) is 0.778. The number of ether oxygens (including phenoxy) is 2. The van der Waals surface area contributed by atoms with Crippen molar-refractivity contribution in [3.63, 3.8) is 0 Å². The zero-order valence-electron chi connectivity index (χ0n) is 9.19. The van der Waals surface area contributed by atoms with E-state index in [4.69, 9.17) is 27.4 Å². The molecule has 0 saturated heterocycles. The maximum Gasteiger partial charge on any atom is 0.248 e. The lowest BCUT2D eigenvalue weighted by Crippen LogP contribution is -2.33. The lowest BCUT2D eigenvalue weighted by atomic mass is 10.4. The van der Waals surface area contributed by atoms with Gasteiger partial charge in [-0.1, -0.05) is 12.2 Å². The lowest BCUT2D eigenvalue weighted by molar-refractivity contribution is -0.135. The molecule has 0 radical (unpaired) electrons. The molecule has 0 aliphatic rings. The molecular formula is C9H18N2O3S. The summed E-state index contributed by atoms with van der Waals surface area (Å²) in [5.41, 5.74) is 5.33. The summed E-state index contributed by atoms with van der Waals surface area (Å²) >= 11 is 4.71. The van der Waals surface area contributed by atoms with Crippen molar-refractivity contribution in [3.05, 3.63) is 0 Å². The molecule has 0 aromatic carbocycles. The molecule has 0 aromatic heterocycles. The smallest absolute Gasteiger partial charge is 0.248 e. The second-order valence-electron chi connectivity index (χ2n) is 3.08. The van der Waals surface area contributed by atoms with Gasteiger partial charge < -0.3 is 20.1 Å². The van der Waals surface area contributed by atoms with Crippen LogP contribution >= 0.6 is 12.2 Å². The third-order valence-corrected chi connectivity index (χ3v) is 1.98. The molecule has 0 bridgehead atoms. The summed E-state index contributed by atoms with van der Waals surface area (Å²) in [7, 11) is 3.28. The van der Waals surface area contributed by atoms with E-state index in [-0.39, 0.29) is 12.5 Å². The predicted molar refractivity (Wildman–Crippen MR) is 61.7 cm³/mol. The molecule has 0 spiro atoms. The maximum atomic E-state index is 11.4. The van der Waals surface area contributed by atoms with Crippen LogP contribution in [-0.4, -0.2) is 56.3 Å². The fourth-order valence-corrected chi connectivity index (χ4v) is 0.906. The van der Waals surface area contributed by atoms with Crippen LogP contribution in [0.3, 0.4) is 0 Å². The number of rotatable bonds is 8. The molecule has 0 saturated carbocycles. The van der Waals surface area contributed by atoms with E-state index in [1.165, 1.54) is 0 Å². The first-order chi connectivity index (χ1) is 7.07. The van der Waals surface area contributed by atoms with Crippen molar-refractivity contribution in [1.82, 2.24) is 4.90 Å². The highest BCUT2D eigenvalue weighted by atomic mass is 32.1. The molecule has 0 aliphatic heterocycles. The molecular weight excluding hydrogens is 216 g/mol. The standard InChI is InChI=1S/C9H18N2O3S/c1-11(4-3-8(10)15)9(12)7-14-6-5-13-2/h3-7H2,1-2H3,(H2,10,15). The normalized spacial score (nSPS) is 10.0. The predicted octanol–water partition coefficient (Wildman–Crippen LogP) is -0.216. The van der Waals surface area contributed by atoms with E-state index in [2.05, 4.69) is 0 Å². The Labute approximate surface area is 95.5 Å². The van der Waals surface area contributed by atoms with E-state index in [0.717, 1.165) is 0 Å². The van der Waals surface area contributed by atoms with E-state index in [9.17, 15) is 4.79 Å². The van der Waals surface area contributed by atoms with Crippen LogP contribution in [-0.2, 0) is 14.3 Å². The molecule has 88 valence electrons.